The van der Waals surface area contributed by atoms with E-state index in [1.807, 2.05) is 78.6 Å². The summed E-state index contributed by atoms with van der Waals surface area (Å²) in [6, 6.07) is 16.8. The molecule has 0 radical (unpaired) electrons. The topological polar surface area (TPSA) is 112 Å². The van der Waals surface area contributed by atoms with E-state index in [2.05, 4.69) is 22.5 Å². The molecule has 5 atom stereocenters. The van der Waals surface area contributed by atoms with Crippen LogP contribution < -0.4 is 0 Å². The van der Waals surface area contributed by atoms with Crippen LogP contribution in [0, 0.1) is 11.8 Å². The minimum Gasteiger partial charge on any atom is -0.396 e. The zero-order valence-electron chi connectivity index (χ0n) is 25.4. The van der Waals surface area contributed by atoms with Crippen LogP contribution in [0.2, 0.25) is 0 Å². The Kier molecular flexibility index (Phi) is 7.77. The molecule has 1 unspecified atom stereocenters. The lowest BCUT2D eigenvalue weighted by molar-refractivity contribution is -0.145. The summed E-state index contributed by atoms with van der Waals surface area (Å²) in [5.41, 5.74) is 2.61. The molecule has 5 heterocycles. The molecule has 1 aromatic heterocycles. The van der Waals surface area contributed by atoms with Crippen LogP contribution in [0.15, 0.2) is 78.9 Å². The van der Waals surface area contributed by atoms with Gasteiger partial charge in [0.2, 0.25) is 17.7 Å². The fraction of sp³-hybridized carbons (Fsp3) is 0.441. The number of para-hydroxylation sites is 1. The number of likely N-dealkylation sites (tertiary alicyclic amines) is 1. The van der Waals surface area contributed by atoms with Gasteiger partial charge in [-0.3, -0.25) is 14.4 Å². The van der Waals surface area contributed by atoms with Crippen molar-refractivity contribution in [3.05, 3.63) is 84.5 Å². The molecule has 0 aliphatic carbocycles. The average molecular weight is 627 g/mol. The zero-order valence-corrected chi connectivity index (χ0v) is 26.2. The first-order valence-electron chi connectivity index (χ1n) is 15.7. The normalized spacial score (nSPS) is 29.2. The van der Waals surface area contributed by atoms with Gasteiger partial charge in [0.25, 0.3) is 0 Å². The summed E-state index contributed by atoms with van der Waals surface area (Å²) in [5, 5.41) is 18.0. The summed E-state index contributed by atoms with van der Waals surface area (Å²) in [7, 11) is 0. The Labute approximate surface area is 266 Å². The fourth-order valence-electron chi connectivity index (χ4n) is 7.69. The molecular formula is C34H38N6O4S. The quantitative estimate of drug-likeness (QED) is 0.287. The lowest BCUT2D eigenvalue weighted by Gasteiger charge is -2.36. The van der Waals surface area contributed by atoms with Crippen LogP contribution >= 0.6 is 11.8 Å². The summed E-state index contributed by atoms with van der Waals surface area (Å²) in [5.74, 6) is -1.64. The second-order valence-electron chi connectivity index (χ2n) is 12.6. The molecule has 7 rings (SSSR count). The van der Waals surface area contributed by atoms with E-state index in [-0.39, 0.29) is 31.0 Å². The Morgan fingerprint density at radius 2 is 1.62 bits per heavy atom. The third-order valence-electron chi connectivity index (χ3n) is 9.72. The van der Waals surface area contributed by atoms with Crippen molar-refractivity contribution in [1.82, 2.24) is 29.7 Å². The predicted octanol–water partition coefficient (Wildman–Crippen LogP) is 3.24. The van der Waals surface area contributed by atoms with E-state index in [0.717, 1.165) is 23.0 Å². The Morgan fingerprint density at radius 3 is 2.44 bits per heavy atom. The maximum atomic E-state index is 14.7. The third kappa shape index (κ3) is 4.96. The molecule has 1 N–H and O–H groups in total. The summed E-state index contributed by atoms with van der Waals surface area (Å²) in [6.45, 7) is 4.00. The SMILES string of the molecule is C[C@@]12C=CCN(Cc3ccccc3)C(=O)[C@@H]1[C@H]1C(=O)N(CCCCCO)C3C(=O)N(Cn4nnc5ccccc54)CC=C[C@@]31S2. The first-order valence-corrected chi connectivity index (χ1v) is 16.5. The number of fused-ring (bicyclic) bond motifs is 3. The van der Waals surface area contributed by atoms with Crippen LogP contribution in [0.5, 0.6) is 0 Å². The molecule has 2 aromatic carbocycles. The number of hydrogen-bond donors (Lipinski definition) is 1. The van der Waals surface area contributed by atoms with Gasteiger partial charge < -0.3 is 19.8 Å². The summed E-state index contributed by atoms with van der Waals surface area (Å²) < 4.78 is 0.158. The van der Waals surface area contributed by atoms with Crippen LogP contribution in [0.25, 0.3) is 11.0 Å². The van der Waals surface area contributed by atoms with Crippen molar-refractivity contribution >= 4 is 40.5 Å². The Morgan fingerprint density at radius 1 is 0.867 bits per heavy atom. The van der Waals surface area contributed by atoms with Gasteiger partial charge in [-0.25, -0.2) is 4.68 Å². The van der Waals surface area contributed by atoms with E-state index < -0.39 is 27.4 Å². The molecule has 11 heteroatoms. The van der Waals surface area contributed by atoms with Gasteiger partial charge in [-0.1, -0.05) is 72.0 Å². The molecular weight excluding hydrogens is 588 g/mol. The van der Waals surface area contributed by atoms with Crippen molar-refractivity contribution in [2.45, 2.75) is 54.9 Å². The fourth-order valence-corrected chi connectivity index (χ4v) is 9.84. The van der Waals surface area contributed by atoms with Gasteiger partial charge in [-0.15, -0.1) is 16.9 Å². The number of amides is 3. The van der Waals surface area contributed by atoms with Crippen molar-refractivity contribution in [2.75, 3.05) is 26.2 Å². The lowest BCUT2D eigenvalue weighted by atomic mass is 9.74. The molecule has 2 saturated heterocycles. The lowest BCUT2D eigenvalue weighted by Crippen LogP contribution is -2.53. The summed E-state index contributed by atoms with van der Waals surface area (Å²) >= 11 is 1.60. The van der Waals surface area contributed by atoms with Crippen molar-refractivity contribution in [2.24, 2.45) is 11.8 Å². The van der Waals surface area contributed by atoms with E-state index in [9.17, 15) is 19.5 Å². The van der Waals surface area contributed by atoms with E-state index in [1.54, 1.807) is 26.2 Å². The Balaban J connectivity index is 1.25. The van der Waals surface area contributed by atoms with E-state index in [4.69, 9.17) is 0 Å². The first kappa shape index (κ1) is 29.7. The largest absolute Gasteiger partial charge is 0.396 e. The second-order valence-corrected chi connectivity index (χ2v) is 14.4. The highest BCUT2D eigenvalue weighted by Crippen LogP contribution is 2.65. The number of rotatable bonds is 9. The van der Waals surface area contributed by atoms with Crippen molar-refractivity contribution in [1.29, 1.82) is 0 Å². The number of benzene rings is 2. The zero-order chi connectivity index (χ0) is 31.2. The van der Waals surface area contributed by atoms with Crippen LogP contribution in [-0.4, -0.2) is 94.3 Å². The molecule has 45 heavy (non-hydrogen) atoms. The van der Waals surface area contributed by atoms with Crippen LogP contribution in [0.3, 0.4) is 0 Å². The molecule has 4 aliphatic rings. The number of nitrogens with zero attached hydrogens (tertiary/aromatic N) is 6. The van der Waals surface area contributed by atoms with Gasteiger partial charge in [-0.2, -0.15) is 0 Å². The van der Waals surface area contributed by atoms with Gasteiger partial charge in [0, 0.05) is 37.5 Å². The number of aromatic nitrogens is 3. The minimum atomic E-state index is -0.903. The minimum absolute atomic E-state index is 0.0500. The molecule has 234 valence electrons. The van der Waals surface area contributed by atoms with E-state index in [0.29, 0.717) is 39.0 Å². The van der Waals surface area contributed by atoms with Gasteiger partial charge in [0.05, 0.1) is 22.1 Å². The Hall–Kier alpha value is -3.96. The molecule has 10 nitrogen and oxygen atoms in total. The summed E-state index contributed by atoms with van der Waals surface area (Å²) in [6.07, 6.45) is 10.2. The Bertz CT molecular complexity index is 1680. The number of carbonyl (C=O) groups excluding carboxylic acids is 3. The second kappa shape index (κ2) is 11.8. The van der Waals surface area contributed by atoms with Crippen molar-refractivity contribution < 1.29 is 19.5 Å². The highest BCUT2D eigenvalue weighted by molar-refractivity contribution is 8.02. The first-order chi connectivity index (χ1) is 21.9. The van der Waals surface area contributed by atoms with Crippen LogP contribution in [0.4, 0.5) is 0 Å². The van der Waals surface area contributed by atoms with Gasteiger partial charge >= 0.3 is 0 Å². The summed E-state index contributed by atoms with van der Waals surface area (Å²) in [4.78, 5) is 49.2. The van der Waals surface area contributed by atoms with Gasteiger partial charge in [0.15, 0.2) is 0 Å². The smallest absolute Gasteiger partial charge is 0.248 e. The maximum absolute atomic E-state index is 14.7. The number of carbonyl (C=O) groups is 3. The molecule has 0 saturated carbocycles. The number of thioether (sulfide) groups is 1. The number of unbranched alkanes of at least 4 members (excludes halogenated alkanes) is 2. The number of hydrogen-bond acceptors (Lipinski definition) is 7. The standard InChI is InChI=1S/C34H38N6O4S/c1-33-16-10-18-37(22-24-12-4-2-5-13-24)30(42)27(33)28-31(43)39(20-8-3-9-21-41)29-32(44)38(19-11-17-34(28,29)45-33)23-40-26-15-7-6-14-25(26)35-36-40/h2,4-7,10-17,27-29,41H,3,8-9,18-23H2,1H3/t27-,28-,29?,33+,34-/m0/s1. The molecule has 0 bridgehead atoms. The van der Waals surface area contributed by atoms with Crippen molar-refractivity contribution in [3.63, 3.8) is 0 Å². The molecule has 2 fully saturated rings. The maximum Gasteiger partial charge on any atom is 0.248 e. The van der Waals surface area contributed by atoms with Crippen LogP contribution in [0.1, 0.15) is 31.7 Å². The third-order valence-corrected chi connectivity index (χ3v) is 11.5. The van der Waals surface area contributed by atoms with E-state index >= 15 is 0 Å². The average Bonchev–Trinajstić information content (AvgIpc) is 3.57. The highest BCUT2D eigenvalue weighted by Gasteiger charge is 2.73. The predicted molar refractivity (Wildman–Crippen MR) is 172 cm³/mol. The number of aliphatic hydroxyl groups excluding tert-OH is 1. The number of aliphatic hydroxyl groups is 1. The monoisotopic (exact) mass is 626 g/mol. The van der Waals surface area contributed by atoms with Gasteiger partial charge in [-0.05, 0) is 43.9 Å². The molecule has 3 aromatic rings. The van der Waals surface area contributed by atoms with Crippen LogP contribution in [-0.2, 0) is 27.6 Å². The van der Waals surface area contributed by atoms with Crippen molar-refractivity contribution in [3.8, 4) is 0 Å². The van der Waals surface area contributed by atoms with E-state index in [1.165, 1.54) is 0 Å². The molecule has 1 spiro atoms. The molecule has 4 aliphatic heterocycles. The highest BCUT2D eigenvalue weighted by atomic mass is 32.2. The van der Waals surface area contributed by atoms with Gasteiger partial charge in [0.1, 0.15) is 18.2 Å². The molecule has 3 amide bonds.